The average Bonchev–Trinajstić information content (AvgIpc) is 3.17. The molecule has 6 rings (SSSR count). The minimum Gasteiger partial charge on any atom is -0.350 e. The molecule has 3 amide bonds. The van der Waals surface area contributed by atoms with Crippen LogP contribution in [0, 0.1) is 23.7 Å². The van der Waals surface area contributed by atoms with E-state index in [1.165, 1.54) is 0 Å². The van der Waals surface area contributed by atoms with Crippen LogP contribution in [0.4, 0.5) is 0 Å². The molecule has 9 nitrogen and oxygen atoms in total. The van der Waals surface area contributed by atoms with Crippen molar-refractivity contribution in [3.63, 3.8) is 0 Å². The molecule has 4 heterocycles. The number of benzene rings is 1. The molecule has 7 atom stereocenters. The van der Waals surface area contributed by atoms with Crippen LogP contribution < -0.4 is 5.32 Å². The van der Waals surface area contributed by atoms with E-state index in [0.717, 1.165) is 31.2 Å². The summed E-state index contributed by atoms with van der Waals surface area (Å²) >= 11 is 0. The van der Waals surface area contributed by atoms with Crippen LogP contribution in [0.2, 0.25) is 0 Å². The van der Waals surface area contributed by atoms with Gasteiger partial charge in [0.2, 0.25) is 23.5 Å². The van der Waals surface area contributed by atoms with Crippen molar-refractivity contribution in [3.8, 4) is 0 Å². The van der Waals surface area contributed by atoms with Gasteiger partial charge < -0.3 is 19.9 Å². The monoisotopic (exact) mass is 541 g/mol. The highest BCUT2D eigenvalue weighted by Crippen LogP contribution is 2.60. The summed E-state index contributed by atoms with van der Waals surface area (Å²) in [5.74, 6) is -0.883. The Morgan fingerprint density at radius 2 is 1.87 bits per heavy atom. The van der Waals surface area contributed by atoms with Crippen molar-refractivity contribution in [3.05, 3.63) is 35.9 Å². The number of rotatable bonds is 9. The van der Waals surface area contributed by atoms with Gasteiger partial charge in [-0.15, -0.1) is 0 Å². The average molecular weight is 542 g/mol. The Bertz CT molecular complexity index is 1070. The van der Waals surface area contributed by atoms with Gasteiger partial charge in [0.05, 0.1) is 6.54 Å². The maximum atomic E-state index is 13.7. The molecule has 1 aliphatic carbocycles. The van der Waals surface area contributed by atoms with Crippen LogP contribution in [-0.4, -0.2) is 64.8 Å². The number of carbonyl (C=O) groups is 3. The van der Waals surface area contributed by atoms with Gasteiger partial charge in [0.25, 0.3) is 0 Å². The topological polar surface area (TPSA) is 97.4 Å². The standard InChI is InChI=1S/C30H43N3O6/c1-5-16-32(19-25(34)31-18-22-9-7-6-8-10-22)26(35)14-17-33-27(36)21(3)24-12-11-20(2)23-13-15-29(4)37-28(33)30(23,24)39-38-29/h6-10,20-21,23-24,28H,5,11-19H2,1-4H3,(H,31,34)/t20-,21+,23?,24?,28?,29-,30+/m0/s1. The summed E-state index contributed by atoms with van der Waals surface area (Å²) in [4.78, 5) is 55.3. The number of hydrogen-bond acceptors (Lipinski definition) is 6. The molecule has 1 aromatic carbocycles. The zero-order chi connectivity index (χ0) is 27.8. The third-order valence-corrected chi connectivity index (χ3v) is 9.44. The Morgan fingerprint density at radius 3 is 2.62 bits per heavy atom. The molecule has 2 bridgehead atoms. The van der Waals surface area contributed by atoms with Crippen LogP contribution in [0.15, 0.2) is 30.3 Å². The summed E-state index contributed by atoms with van der Waals surface area (Å²) < 4.78 is 6.56. The zero-order valence-electron chi connectivity index (χ0n) is 23.7. The smallest absolute Gasteiger partial charge is 0.239 e. The largest absolute Gasteiger partial charge is 0.350 e. The van der Waals surface area contributed by atoms with Crippen molar-refractivity contribution in [1.29, 1.82) is 0 Å². The molecule has 0 radical (unpaired) electrons. The van der Waals surface area contributed by atoms with E-state index in [2.05, 4.69) is 12.2 Å². The van der Waals surface area contributed by atoms with E-state index < -0.39 is 17.6 Å². The second-order valence-corrected chi connectivity index (χ2v) is 12.1. The summed E-state index contributed by atoms with van der Waals surface area (Å²) in [5, 5.41) is 2.91. The first-order valence-electron chi connectivity index (χ1n) is 14.6. The van der Waals surface area contributed by atoms with E-state index in [9.17, 15) is 14.4 Å². The van der Waals surface area contributed by atoms with Gasteiger partial charge in [0, 0.05) is 44.3 Å². The Kier molecular flexibility index (Phi) is 8.04. The fourth-order valence-electron chi connectivity index (χ4n) is 7.34. The lowest BCUT2D eigenvalue weighted by Crippen LogP contribution is -2.75. The number of nitrogens with zero attached hydrogens (tertiary/aromatic N) is 2. The first-order valence-corrected chi connectivity index (χ1v) is 14.6. The molecule has 5 fully saturated rings. The molecule has 1 spiro atoms. The van der Waals surface area contributed by atoms with Gasteiger partial charge in [-0.25, -0.2) is 9.78 Å². The first-order chi connectivity index (χ1) is 18.7. The van der Waals surface area contributed by atoms with E-state index in [1.54, 1.807) is 9.80 Å². The quantitative estimate of drug-likeness (QED) is 0.480. The second-order valence-electron chi connectivity index (χ2n) is 12.1. The van der Waals surface area contributed by atoms with Crippen molar-refractivity contribution in [2.75, 3.05) is 19.6 Å². The zero-order valence-corrected chi connectivity index (χ0v) is 23.7. The van der Waals surface area contributed by atoms with Crippen LogP contribution in [-0.2, 0) is 35.4 Å². The molecule has 5 aliphatic rings. The summed E-state index contributed by atoms with van der Waals surface area (Å²) in [6.07, 6.45) is 3.81. The van der Waals surface area contributed by atoms with E-state index in [4.69, 9.17) is 14.5 Å². The highest BCUT2D eigenvalue weighted by molar-refractivity contribution is 5.85. The fourth-order valence-corrected chi connectivity index (χ4v) is 7.34. The first kappa shape index (κ1) is 28.1. The third kappa shape index (κ3) is 5.21. The molecular weight excluding hydrogens is 498 g/mol. The molecule has 1 aromatic rings. The van der Waals surface area contributed by atoms with E-state index in [1.807, 2.05) is 51.1 Å². The molecule has 39 heavy (non-hydrogen) atoms. The third-order valence-electron chi connectivity index (χ3n) is 9.44. The van der Waals surface area contributed by atoms with Gasteiger partial charge >= 0.3 is 0 Å². The van der Waals surface area contributed by atoms with Crippen LogP contribution in [0.25, 0.3) is 0 Å². The van der Waals surface area contributed by atoms with Crippen molar-refractivity contribution in [2.45, 2.75) is 90.4 Å². The number of hydrogen-bond donors (Lipinski definition) is 1. The lowest BCUT2D eigenvalue weighted by Gasteiger charge is -2.61. The number of amides is 3. The molecule has 4 aliphatic heterocycles. The Morgan fingerprint density at radius 1 is 1.10 bits per heavy atom. The Hall–Kier alpha value is -2.49. The van der Waals surface area contributed by atoms with Gasteiger partial charge in [-0.1, -0.05) is 51.1 Å². The van der Waals surface area contributed by atoms with Gasteiger partial charge in [0.1, 0.15) is 0 Å². The van der Waals surface area contributed by atoms with Crippen molar-refractivity contribution in [1.82, 2.24) is 15.1 Å². The molecule has 4 saturated heterocycles. The van der Waals surface area contributed by atoms with Crippen molar-refractivity contribution in [2.24, 2.45) is 23.7 Å². The molecule has 1 N–H and O–H groups in total. The summed E-state index contributed by atoms with van der Waals surface area (Å²) in [5.41, 5.74) is 0.271. The number of carbonyl (C=O) groups excluding carboxylic acids is 3. The van der Waals surface area contributed by atoms with Crippen LogP contribution >= 0.6 is 0 Å². The summed E-state index contributed by atoms with van der Waals surface area (Å²) in [6.45, 7) is 9.19. The van der Waals surface area contributed by atoms with Gasteiger partial charge in [-0.3, -0.25) is 14.4 Å². The lowest BCUT2D eigenvalue weighted by atomic mass is 9.57. The second kappa shape index (κ2) is 11.2. The Labute approximate surface area is 231 Å². The minimum absolute atomic E-state index is 0.000811. The van der Waals surface area contributed by atoms with Crippen LogP contribution in [0.3, 0.4) is 0 Å². The number of nitrogens with one attached hydrogen (secondary N) is 1. The molecular formula is C30H43N3O6. The highest BCUT2D eigenvalue weighted by atomic mass is 17.3. The molecule has 1 saturated carbocycles. The number of piperidine rings is 1. The lowest BCUT2D eigenvalue weighted by molar-refractivity contribution is -0.547. The maximum absolute atomic E-state index is 13.7. The highest BCUT2D eigenvalue weighted by Gasteiger charge is 2.70. The SMILES string of the molecule is CCCN(CC(=O)NCc1ccccc1)C(=O)CCN1C(=O)[C@H](C)C2CC[C@H](C)C3CC[C@]4(C)OO[C@]32C1O4. The van der Waals surface area contributed by atoms with Gasteiger partial charge in [-0.05, 0) is 50.0 Å². The predicted octanol–water partition coefficient (Wildman–Crippen LogP) is 3.63. The van der Waals surface area contributed by atoms with E-state index >= 15 is 0 Å². The molecule has 214 valence electrons. The summed E-state index contributed by atoms with van der Waals surface area (Å²) in [7, 11) is 0. The number of fused-ring (bicyclic) bond motifs is 2. The number of likely N-dealkylation sites (tertiary alicyclic amines) is 1. The number of ether oxygens (including phenoxy) is 1. The Balaban J connectivity index is 1.28. The fraction of sp³-hybridized carbons (Fsp3) is 0.700. The normalized spacial score (nSPS) is 35.2. The molecule has 9 heteroatoms. The van der Waals surface area contributed by atoms with Crippen LogP contribution in [0.5, 0.6) is 0 Å². The van der Waals surface area contributed by atoms with Crippen LogP contribution in [0.1, 0.15) is 71.8 Å². The minimum atomic E-state index is -0.925. The predicted molar refractivity (Wildman–Crippen MR) is 143 cm³/mol. The van der Waals surface area contributed by atoms with E-state index in [0.29, 0.717) is 25.4 Å². The van der Waals surface area contributed by atoms with Crippen molar-refractivity contribution < 1.29 is 28.9 Å². The van der Waals surface area contributed by atoms with Gasteiger partial charge in [-0.2, -0.15) is 0 Å². The van der Waals surface area contributed by atoms with Gasteiger partial charge in [0.15, 0.2) is 11.8 Å². The van der Waals surface area contributed by atoms with Crippen molar-refractivity contribution >= 4 is 17.7 Å². The molecule has 0 aromatic heterocycles. The summed E-state index contributed by atoms with van der Waals surface area (Å²) in [6, 6.07) is 9.68. The molecule has 3 unspecified atom stereocenters. The maximum Gasteiger partial charge on any atom is 0.239 e. The van der Waals surface area contributed by atoms with E-state index in [-0.39, 0.29) is 55.0 Å².